The second kappa shape index (κ2) is 5.09. The highest BCUT2D eigenvalue weighted by atomic mass is 19.1. The van der Waals surface area contributed by atoms with Gasteiger partial charge >= 0.3 is 0 Å². The van der Waals surface area contributed by atoms with E-state index < -0.39 is 5.41 Å². The Morgan fingerprint density at radius 2 is 2.14 bits per heavy atom. The first-order valence-corrected chi connectivity index (χ1v) is 7.75. The van der Waals surface area contributed by atoms with Crippen molar-refractivity contribution in [1.29, 1.82) is 0 Å². The van der Waals surface area contributed by atoms with E-state index in [2.05, 4.69) is 6.92 Å². The molecule has 1 aliphatic heterocycles. The molecule has 21 heavy (non-hydrogen) atoms. The van der Waals surface area contributed by atoms with Gasteiger partial charge in [0.2, 0.25) is 5.91 Å². The highest BCUT2D eigenvalue weighted by molar-refractivity contribution is 5.89. The maximum atomic E-state index is 13.5. The maximum Gasteiger partial charge on any atom is 0.233 e. The summed E-state index contributed by atoms with van der Waals surface area (Å²) in [5.41, 5.74) is 6.20. The molecule has 1 aliphatic carbocycles. The number of amides is 1. The molecule has 0 bridgehead atoms. The average Bonchev–Trinajstić information content (AvgIpc) is 2.81. The molecule has 114 valence electrons. The molecule has 1 saturated carbocycles. The van der Waals surface area contributed by atoms with Crippen LogP contribution in [0, 0.1) is 11.2 Å². The highest BCUT2D eigenvalue weighted by Crippen LogP contribution is 2.46. The summed E-state index contributed by atoms with van der Waals surface area (Å²) in [4.78, 5) is 15.0. The van der Waals surface area contributed by atoms with Crippen LogP contribution in [0.15, 0.2) is 24.3 Å². The lowest BCUT2D eigenvalue weighted by Gasteiger charge is -2.43. The Morgan fingerprint density at radius 1 is 1.38 bits per heavy atom. The zero-order chi connectivity index (χ0) is 15.1. The van der Waals surface area contributed by atoms with Gasteiger partial charge in [-0.25, -0.2) is 4.39 Å². The van der Waals surface area contributed by atoms with Crippen molar-refractivity contribution in [1.82, 2.24) is 4.90 Å². The molecule has 0 aromatic heterocycles. The minimum atomic E-state index is -0.498. The van der Waals surface area contributed by atoms with Crippen molar-refractivity contribution in [3.63, 3.8) is 0 Å². The van der Waals surface area contributed by atoms with Crippen LogP contribution in [0.2, 0.25) is 0 Å². The van der Waals surface area contributed by atoms with E-state index in [1.54, 1.807) is 6.07 Å². The number of nitrogens with two attached hydrogens (primary N) is 1. The zero-order valence-electron chi connectivity index (χ0n) is 12.6. The van der Waals surface area contributed by atoms with E-state index in [-0.39, 0.29) is 17.1 Å². The Morgan fingerprint density at radius 3 is 2.67 bits per heavy atom. The SMILES string of the molecule is CC1(CN)CCN(C(=O)C2(c3cccc(F)c3)CCC2)C1. The first kappa shape index (κ1) is 14.5. The predicted molar refractivity (Wildman–Crippen MR) is 80.3 cm³/mol. The van der Waals surface area contributed by atoms with Gasteiger partial charge in [0, 0.05) is 13.1 Å². The zero-order valence-corrected chi connectivity index (χ0v) is 12.6. The van der Waals surface area contributed by atoms with Crippen LogP contribution in [0.25, 0.3) is 0 Å². The third-order valence-electron chi connectivity index (χ3n) is 5.33. The van der Waals surface area contributed by atoms with Crippen LogP contribution in [0.3, 0.4) is 0 Å². The molecule has 1 saturated heterocycles. The minimum Gasteiger partial charge on any atom is -0.341 e. The number of nitrogens with zero attached hydrogens (tertiary/aromatic N) is 1. The quantitative estimate of drug-likeness (QED) is 0.929. The summed E-state index contributed by atoms with van der Waals surface area (Å²) in [7, 11) is 0. The van der Waals surface area contributed by atoms with Crippen LogP contribution < -0.4 is 5.73 Å². The summed E-state index contributed by atoms with van der Waals surface area (Å²) in [5.74, 6) is -0.101. The molecule has 1 heterocycles. The standard InChI is InChI=1S/C17H23FN2O/c1-16(11-19)8-9-20(12-16)15(21)17(6-3-7-17)13-4-2-5-14(18)10-13/h2,4-5,10H,3,6-9,11-12,19H2,1H3. The fourth-order valence-corrected chi connectivity index (χ4v) is 3.61. The highest BCUT2D eigenvalue weighted by Gasteiger charge is 2.49. The monoisotopic (exact) mass is 290 g/mol. The molecular weight excluding hydrogens is 267 g/mol. The lowest BCUT2D eigenvalue weighted by molar-refractivity contribution is -0.140. The van der Waals surface area contributed by atoms with Gasteiger partial charge in [0.1, 0.15) is 5.82 Å². The number of halogens is 1. The fourth-order valence-electron chi connectivity index (χ4n) is 3.61. The van der Waals surface area contributed by atoms with E-state index in [4.69, 9.17) is 5.73 Å². The normalized spacial score (nSPS) is 27.5. The van der Waals surface area contributed by atoms with Gasteiger partial charge in [0.15, 0.2) is 0 Å². The largest absolute Gasteiger partial charge is 0.341 e. The van der Waals surface area contributed by atoms with E-state index in [0.29, 0.717) is 6.54 Å². The van der Waals surface area contributed by atoms with Crippen LogP contribution in [-0.4, -0.2) is 30.4 Å². The minimum absolute atomic E-state index is 0.0303. The Bertz CT molecular complexity index is 555. The van der Waals surface area contributed by atoms with Gasteiger partial charge < -0.3 is 10.6 Å². The molecule has 2 aliphatic rings. The topological polar surface area (TPSA) is 46.3 Å². The summed E-state index contributed by atoms with van der Waals surface area (Å²) < 4.78 is 13.5. The smallest absolute Gasteiger partial charge is 0.233 e. The summed E-state index contributed by atoms with van der Waals surface area (Å²) >= 11 is 0. The molecule has 3 rings (SSSR count). The van der Waals surface area contributed by atoms with E-state index in [0.717, 1.165) is 44.3 Å². The molecule has 4 heteroatoms. The number of carbonyl (C=O) groups is 1. The molecule has 2 N–H and O–H groups in total. The van der Waals surface area contributed by atoms with Crippen molar-refractivity contribution in [3.05, 3.63) is 35.6 Å². The second-order valence-corrected chi connectivity index (χ2v) is 6.94. The van der Waals surface area contributed by atoms with Gasteiger partial charge in [-0.1, -0.05) is 25.5 Å². The van der Waals surface area contributed by atoms with Gasteiger partial charge in [0.05, 0.1) is 5.41 Å². The lowest BCUT2D eigenvalue weighted by Crippen LogP contribution is -2.51. The molecule has 1 aromatic carbocycles. The van der Waals surface area contributed by atoms with Gasteiger partial charge in [-0.3, -0.25) is 4.79 Å². The van der Waals surface area contributed by atoms with Gasteiger partial charge in [-0.15, -0.1) is 0 Å². The first-order chi connectivity index (χ1) is 9.99. The van der Waals surface area contributed by atoms with E-state index >= 15 is 0 Å². The maximum absolute atomic E-state index is 13.5. The number of rotatable bonds is 3. The predicted octanol–water partition coefficient (Wildman–Crippen LogP) is 2.44. The van der Waals surface area contributed by atoms with Gasteiger partial charge in [0.25, 0.3) is 0 Å². The van der Waals surface area contributed by atoms with E-state index in [1.807, 2.05) is 11.0 Å². The molecular formula is C17H23FN2O. The Labute approximate surface area is 125 Å². The molecule has 1 aromatic rings. The molecule has 1 unspecified atom stereocenters. The fraction of sp³-hybridized carbons (Fsp3) is 0.588. The van der Waals surface area contributed by atoms with Crippen LogP contribution in [0.4, 0.5) is 4.39 Å². The third-order valence-corrected chi connectivity index (χ3v) is 5.33. The molecule has 0 spiro atoms. The van der Waals surface area contributed by atoms with Crippen molar-refractivity contribution < 1.29 is 9.18 Å². The second-order valence-electron chi connectivity index (χ2n) is 6.94. The summed E-state index contributed by atoms with van der Waals surface area (Å²) in [6.07, 6.45) is 3.63. The van der Waals surface area contributed by atoms with Crippen molar-refractivity contribution in [2.75, 3.05) is 19.6 Å². The van der Waals surface area contributed by atoms with Crippen LogP contribution >= 0.6 is 0 Å². The molecule has 1 atom stereocenters. The number of carbonyl (C=O) groups excluding carboxylic acids is 1. The summed E-state index contributed by atoms with van der Waals surface area (Å²) in [5, 5.41) is 0. The van der Waals surface area contributed by atoms with Crippen molar-refractivity contribution >= 4 is 5.91 Å². The Kier molecular flexibility index (Phi) is 3.52. The molecule has 0 radical (unpaired) electrons. The number of hydrogen-bond donors (Lipinski definition) is 1. The van der Waals surface area contributed by atoms with E-state index in [9.17, 15) is 9.18 Å². The van der Waals surface area contributed by atoms with Gasteiger partial charge in [-0.2, -0.15) is 0 Å². The number of benzene rings is 1. The number of hydrogen-bond acceptors (Lipinski definition) is 2. The molecule has 3 nitrogen and oxygen atoms in total. The van der Waals surface area contributed by atoms with Crippen LogP contribution in [-0.2, 0) is 10.2 Å². The Hall–Kier alpha value is -1.42. The van der Waals surface area contributed by atoms with E-state index in [1.165, 1.54) is 12.1 Å². The molecule has 1 amide bonds. The summed E-state index contributed by atoms with van der Waals surface area (Å²) in [6.45, 7) is 4.22. The Balaban J connectivity index is 1.85. The lowest BCUT2D eigenvalue weighted by atomic mass is 9.63. The van der Waals surface area contributed by atoms with Crippen molar-refractivity contribution in [2.24, 2.45) is 11.1 Å². The molecule has 2 fully saturated rings. The van der Waals surface area contributed by atoms with Crippen molar-refractivity contribution in [2.45, 2.75) is 38.0 Å². The van der Waals surface area contributed by atoms with Crippen LogP contribution in [0.5, 0.6) is 0 Å². The summed E-state index contributed by atoms with van der Waals surface area (Å²) in [6, 6.07) is 6.54. The van der Waals surface area contributed by atoms with Gasteiger partial charge in [-0.05, 0) is 48.9 Å². The average molecular weight is 290 g/mol. The van der Waals surface area contributed by atoms with Crippen molar-refractivity contribution in [3.8, 4) is 0 Å². The first-order valence-electron chi connectivity index (χ1n) is 7.75. The third kappa shape index (κ3) is 2.35. The number of likely N-dealkylation sites (tertiary alicyclic amines) is 1. The van der Waals surface area contributed by atoms with Crippen LogP contribution in [0.1, 0.15) is 38.2 Å².